The highest BCUT2D eigenvalue weighted by atomic mass is 16.7. The van der Waals surface area contributed by atoms with Crippen LogP contribution in [0.3, 0.4) is 0 Å². The Bertz CT molecular complexity index is 1330. The van der Waals surface area contributed by atoms with Gasteiger partial charge in [0.1, 0.15) is 24.4 Å². The summed E-state index contributed by atoms with van der Waals surface area (Å²) >= 11 is 0. The average Bonchev–Trinajstić information content (AvgIpc) is 3.42. The first kappa shape index (κ1) is 72.2. The number of aliphatic hydroxyl groups is 5. The van der Waals surface area contributed by atoms with E-state index in [0.717, 1.165) is 57.8 Å². The number of aliphatic hydroxyl groups excluding tert-OH is 5. The number of hydrogen-bond donors (Lipinski definition) is 6. The van der Waals surface area contributed by atoms with Gasteiger partial charge in [-0.3, -0.25) is 9.59 Å². The summed E-state index contributed by atoms with van der Waals surface area (Å²) in [6, 6.07) is -1.03. The number of rotatable bonds is 56. The van der Waals surface area contributed by atoms with Gasteiger partial charge in [-0.05, 0) is 51.4 Å². The summed E-state index contributed by atoms with van der Waals surface area (Å²) in [5, 5.41) is 56.9. The fourth-order valence-corrected chi connectivity index (χ4v) is 10.4. The van der Waals surface area contributed by atoms with Gasteiger partial charge in [0, 0.05) is 6.42 Å². The molecule has 1 aliphatic heterocycles. The largest absolute Gasteiger partial charge is 0.454 e. The molecule has 1 saturated heterocycles. The van der Waals surface area contributed by atoms with Gasteiger partial charge in [-0.15, -0.1) is 0 Å². The minimum absolute atomic E-state index is 0.128. The second kappa shape index (κ2) is 53.8. The van der Waals surface area contributed by atoms with Crippen molar-refractivity contribution in [1.82, 2.24) is 5.32 Å². The Labute approximate surface area is 467 Å². The van der Waals surface area contributed by atoms with E-state index in [-0.39, 0.29) is 19.4 Å². The summed E-state index contributed by atoms with van der Waals surface area (Å²) in [6.45, 7) is 5.80. The van der Waals surface area contributed by atoms with Crippen LogP contribution in [0.2, 0.25) is 0 Å². The molecule has 11 nitrogen and oxygen atoms in total. The van der Waals surface area contributed by atoms with Crippen molar-refractivity contribution in [3.8, 4) is 0 Å². The van der Waals surface area contributed by atoms with Crippen LogP contribution in [0.25, 0.3) is 0 Å². The van der Waals surface area contributed by atoms with Crippen LogP contribution in [0.15, 0.2) is 24.3 Å². The Morgan fingerprint density at radius 1 is 0.500 bits per heavy atom. The van der Waals surface area contributed by atoms with E-state index in [9.17, 15) is 35.1 Å². The first-order valence-electron chi connectivity index (χ1n) is 32.6. The lowest BCUT2D eigenvalue weighted by Crippen LogP contribution is -2.61. The quantitative estimate of drug-likeness (QED) is 0.0195. The number of unbranched alkanes of at least 4 members (excludes halogenated alkanes) is 40. The van der Waals surface area contributed by atoms with E-state index in [1.165, 1.54) is 212 Å². The van der Waals surface area contributed by atoms with E-state index in [4.69, 9.17) is 14.2 Å². The van der Waals surface area contributed by atoms with Gasteiger partial charge in [-0.2, -0.15) is 0 Å². The number of esters is 1. The zero-order valence-electron chi connectivity index (χ0n) is 49.6. The van der Waals surface area contributed by atoms with Crippen molar-refractivity contribution in [1.29, 1.82) is 0 Å². The van der Waals surface area contributed by atoms with Gasteiger partial charge in [-0.25, -0.2) is 0 Å². The molecule has 0 spiro atoms. The van der Waals surface area contributed by atoms with Gasteiger partial charge in [0.2, 0.25) is 5.91 Å². The van der Waals surface area contributed by atoms with Crippen molar-refractivity contribution in [2.75, 3.05) is 13.2 Å². The SMILES string of the molecule is CCCCCCCC/C=C\CCCCC(O)C(=O)NC(COC1OC(CO)C(O)C(O)C1OC(=O)CCCCCCCCCCCCCCCCCCCCCCCCC)C(O)/C=C/CCCCCCCCCCCC. The molecular weight excluding hydrogens is 955 g/mol. The van der Waals surface area contributed by atoms with Gasteiger partial charge in [-0.1, -0.05) is 283 Å². The summed E-state index contributed by atoms with van der Waals surface area (Å²) in [7, 11) is 0. The van der Waals surface area contributed by atoms with Crippen molar-refractivity contribution >= 4 is 11.9 Å². The molecule has 8 atom stereocenters. The molecule has 448 valence electrons. The summed E-state index contributed by atoms with van der Waals surface area (Å²) in [4.78, 5) is 26.5. The molecule has 0 aromatic heterocycles. The van der Waals surface area contributed by atoms with Crippen molar-refractivity contribution in [2.45, 2.75) is 365 Å². The minimum atomic E-state index is -1.61. The normalized spacial score (nSPS) is 19.2. The standard InChI is InChI=1S/C65H123NO10/c1-4-7-10-13-16-19-22-25-26-27-28-29-30-31-32-33-34-35-38-41-44-47-50-53-60(70)76-63-62(72)61(71)59(54-67)75-65(63)74-55-56(57(68)51-48-45-42-39-36-23-20-17-14-11-8-5-2)66-64(73)58(69)52-49-46-43-40-37-24-21-18-15-12-9-6-3/h37,40,48,51,56-59,61-63,65,67-69,71-72H,4-36,38-39,41-47,49-50,52-55H2,1-3H3,(H,66,73)/b40-37-,51-48+. The van der Waals surface area contributed by atoms with E-state index in [1.807, 2.05) is 6.08 Å². The van der Waals surface area contributed by atoms with Gasteiger partial charge < -0.3 is 45.1 Å². The number of carbonyl (C=O) groups is 2. The highest BCUT2D eigenvalue weighted by Crippen LogP contribution is 2.26. The molecule has 0 bridgehead atoms. The molecule has 6 N–H and O–H groups in total. The number of ether oxygens (including phenoxy) is 3. The predicted molar refractivity (Wildman–Crippen MR) is 315 cm³/mol. The van der Waals surface area contributed by atoms with Crippen LogP contribution in [0, 0.1) is 0 Å². The topological polar surface area (TPSA) is 175 Å². The smallest absolute Gasteiger partial charge is 0.306 e. The lowest BCUT2D eigenvalue weighted by Gasteiger charge is -2.41. The summed E-state index contributed by atoms with van der Waals surface area (Å²) in [5.41, 5.74) is 0. The molecule has 76 heavy (non-hydrogen) atoms. The third-order valence-corrected chi connectivity index (χ3v) is 15.6. The highest BCUT2D eigenvalue weighted by molar-refractivity contribution is 5.80. The molecule has 1 aliphatic rings. The van der Waals surface area contributed by atoms with Gasteiger partial charge in [0.15, 0.2) is 12.4 Å². The van der Waals surface area contributed by atoms with Crippen molar-refractivity contribution in [3.05, 3.63) is 24.3 Å². The second-order valence-corrected chi connectivity index (χ2v) is 22.9. The Kier molecular flexibility index (Phi) is 51.0. The molecule has 1 rings (SSSR count). The van der Waals surface area contributed by atoms with E-state index in [2.05, 4.69) is 38.2 Å². The second-order valence-electron chi connectivity index (χ2n) is 22.9. The highest BCUT2D eigenvalue weighted by Gasteiger charge is 2.47. The van der Waals surface area contributed by atoms with Crippen LogP contribution in [0.1, 0.15) is 316 Å². The van der Waals surface area contributed by atoms with E-state index >= 15 is 0 Å². The molecule has 1 heterocycles. The molecule has 0 radical (unpaired) electrons. The fourth-order valence-electron chi connectivity index (χ4n) is 10.4. The summed E-state index contributed by atoms with van der Waals surface area (Å²) in [5.74, 6) is -1.20. The monoisotopic (exact) mass is 1080 g/mol. The Hall–Kier alpha value is -1.86. The first-order valence-corrected chi connectivity index (χ1v) is 32.6. The molecule has 8 unspecified atom stereocenters. The van der Waals surface area contributed by atoms with Crippen molar-refractivity contribution in [3.63, 3.8) is 0 Å². The molecule has 1 amide bonds. The average molecular weight is 1080 g/mol. The fraction of sp³-hybridized carbons (Fsp3) is 0.908. The van der Waals surface area contributed by atoms with Crippen LogP contribution in [0.5, 0.6) is 0 Å². The van der Waals surface area contributed by atoms with Crippen LogP contribution in [-0.4, -0.2) is 99.6 Å². The number of carbonyl (C=O) groups excluding carboxylic acids is 2. The van der Waals surface area contributed by atoms with E-state index in [0.29, 0.717) is 12.8 Å². The number of hydrogen-bond acceptors (Lipinski definition) is 10. The van der Waals surface area contributed by atoms with Crippen LogP contribution < -0.4 is 5.32 Å². The molecule has 0 saturated carbocycles. The van der Waals surface area contributed by atoms with Gasteiger partial charge in [0.05, 0.1) is 25.4 Å². The van der Waals surface area contributed by atoms with Crippen LogP contribution >= 0.6 is 0 Å². The summed E-state index contributed by atoms with van der Waals surface area (Å²) < 4.78 is 17.6. The maximum atomic E-state index is 13.4. The number of nitrogens with one attached hydrogen (secondary N) is 1. The van der Waals surface area contributed by atoms with E-state index in [1.54, 1.807) is 6.08 Å². The third kappa shape index (κ3) is 41.2. The summed E-state index contributed by atoms with van der Waals surface area (Å²) in [6.07, 6.45) is 52.3. The maximum Gasteiger partial charge on any atom is 0.306 e. The molecule has 0 aromatic rings. The van der Waals surface area contributed by atoms with Crippen molar-refractivity contribution in [2.24, 2.45) is 0 Å². The molecule has 11 heteroatoms. The maximum absolute atomic E-state index is 13.4. The third-order valence-electron chi connectivity index (χ3n) is 15.6. The molecular formula is C65H123NO10. The van der Waals surface area contributed by atoms with E-state index < -0.39 is 67.4 Å². The van der Waals surface area contributed by atoms with Crippen LogP contribution in [-0.2, 0) is 23.8 Å². The minimum Gasteiger partial charge on any atom is -0.454 e. The van der Waals surface area contributed by atoms with Crippen LogP contribution in [0.4, 0.5) is 0 Å². The Morgan fingerprint density at radius 2 is 0.868 bits per heavy atom. The first-order chi connectivity index (χ1) is 37.2. The number of allylic oxidation sites excluding steroid dienone is 3. The van der Waals surface area contributed by atoms with Gasteiger partial charge in [0.25, 0.3) is 0 Å². The lowest BCUT2D eigenvalue weighted by atomic mass is 9.99. The van der Waals surface area contributed by atoms with Gasteiger partial charge >= 0.3 is 5.97 Å². The Morgan fingerprint density at radius 3 is 1.28 bits per heavy atom. The molecule has 0 aliphatic carbocycles. The molecule has 1 fully saturated rings. The predicted octanol–water partition coefficient (Wildman–Crippen LogP) is 15.7. The lowest BCUT2D eigenvalue weighted by molar-refractivity contribution is -0.305. The zero-order chi connectivity index (χ0) is 55.4. The molecule has 0 aromatic carbocycles. The van der Waals surface area contributed by atoms with Crippen molar-refractivity contribution < 1.29 is 49.3 Å². The Balaban J connectivity index is 2.58. The number of amides is 1. The zero-order valence-corrected chi connectivity index (χ0v) is 49.6.